The Morgan fingerprint density at radius 1 is 1.32 bits per heavy atom. The van der Waals surface area contributed by atoms with E-state index in [9.17, 15) is 13.2 Å². The number of nitrogens with zero attached hydrogens (tertiary/aromatic N) is 2. The Hall–Kier alpha value is -1.16. The molecule has 1 aromatic heterocycles. The van der Waals surface area contributed by atoms with Crippen molar-refractivity contribution in [1.29, 1.82) is 0 Å². The van der Waals surface area contributed by atoms with E-state index in [1.807, 2.05) is 0 Å². The molecule has 0 saturated carbocycles. The summed E-state index contributed by atoms with van der Waals surface area (Å²) in [6, 6.07) is 3.22. The summed E-state index contributed by atoms with van der Waals surface area (Å²) in [6.07, 6.45) is 5.35. The molecule has 1 N–H and O–H groups in total. The lowest BCUT2D eigenvalue weighted by Gasteiger charge is -2.15. The number of ether oxygens (including phenoxy) is 1. The van der Waals surface area contributed by atoms with Crippen LogP contribution in [-0.2, 0) is 19.6 Å². The molecule has 0 radical (unpaired) electrons. The summed E-state index contributed by atoms with van der Waals surface area (Å²) in [4.78, 5) is 16.2. The molecule has 3 rings (SSSR count). The molecule has 2 saturated heterocycles. The van der Waals surface area contributed by atoms with Crippen LogP contribution < -0.4 is 5.32 Å². The molecule has 0 bridgehead atoms. The molecule has 0 aliphatic carbocycles. The minimum absolute atomic E-state index is 0.0731. The van der Waals surface area contributed by atoms with Crippen LogP contribution in [-0.4, -0.2) is 61.7 Å². The van der Waals surface area contributed by atoms with Gasteiger partial charge >= 0.3 is 0 Å². The van der Waals surface area contributed by atoms with E-state index in [1.165, 1.54) is 22.3 Å². The van der Waals surface area contributed by atoms with Crippen LogP contribution in [0.15, 0.2) is 28.3 Å². The summed E-state index contributed by atoms with van der Waals surface area (Å²) >= 11 is 1.29. The zero-order valence-corrected chi connectivity index (χ0v) is 15.7. The van der Waals surface area contributed by atoms with Gasteiger partial charge in [-0.05, 0) is 37.8 Å². The van der Waals surface area contributed by atoms with E-state index in [-0.39, 0.29) is 22.7 Å². The third kappa shape index (κ3) is 4.93. The minimum atomic E-state index is -3.44. The molecular formula is C16H23N3O4S2. The second-order valence-electron chi connectivity index (χ2n) is 6.17. The van der Waals surface area contributed by atoms with E-state index in [4.69, 9.17) is 4.74 Å². The maximum atomic E-state index is 12.4. The number of carbonyl (C=O) groups excluding carboxylic acids is 1. The first kappa shape index (κ1) is 18.6. The number of pyridine rings is 1. The topological polar surface area (TPSA) is 88.6 Å². The van der Waals surface area contributed by atoms with Gasteiger partial charge in [-0.25, -0.2) is 13.4 Å². The van der Waals surface area contributed by atoms with Crippen LogP contribution >= 0.6 is 11.8 Å². The monoisotopic (exact) mass is 385 g/mol. The molecule has 2 aliphatic rings. The Bertz CT molecular complexity index is 682. The van der Waals surface area contributed by atoms with Gasteiger partial charge in [0.1, 0.15) is 4.90 Å². The van der Waals surface area contributed by atoms with Gasteiger partial charge in [0.15, 0.2) is 0 Å². The van der Waals surface area contributed by atoms with E-state index in [1.54, 1.807) is 12.1 Å². The summed E-state index contributed by atoms with van der Waals surface area (Å²) in [5.74, 6) is 0.175. The number of hydrogen-bond acceptors (Lipinski definition) is 6. The second kappa shape index (κ2) is 8.48. The van der Waals surface area contributed by atoms with Crippen molar-refractivity contribution in [3.05, 3.63) is 18.3 Å². The molecule has 1 amide bonds. The van der Waals surface area contributed by atoms with Gasteiger partial charge in [0.2, 0.25) is 15.9 Å². The molecule has 2 fully saturated rings. The van der Waals surface area contributed by atoms with Crippen molar-refractivity contribution < 1.29 is 17.9 Å². The molecule has 25 heavy (non-hydrogen) atoms. The molecule has 7 nitrogen and oxygen atoms in total. The van der Waals surface area contributed by atoms with Gasteiger partial charge in [-0.1, -0.05) is 11.8 Å². The largest absolute Gasteiger partial charge is 0.376 e. The number of sulfonamides is 1. The van der Waals surface area contributed by atoms with Gasteiger partial charge in [-0.2, -0.15) is 4.31 Å². The van der Waals surface area contributed by atoms with Crippen molar-refractivity contribution in [2.45, 2.75) is 41.7 Å². The third-order valence-electron chi connectivity index (χ3n) is 4.31. The van der Waals surface area contributed by atoms with Crippen molar-refractivity contribution in [3.8, 4) is 0 Å². The Morgan fingerprint density at radius 2 is 2.12 bits per heavy atom. The minimum Gasteiger partial charge on any atom is -0.376 e. The van der Waals surface area contributed by atoms with Crippen LogP contribution in [0.4, 0.5) is 0 Å². The summed E-state index contributed by atoms with van der Waals surface area (Å²) in [5.41, 5.74) is 0. The lowest BCUT2D eigenvalue weighted by atomic mass is 10.2. The lowest BCUT2D eigenvalue weighted by Crippen LogP contribution is -2.32. The van der Waals surface area contributed by atoms with Crippen LogP contribution in [0.25, 0.3) is 0 Å². The van der Waals surface area contributed by atoms with Crippen LogP contribution in [0, 0.1) is 0 Å². The summed E-state index contributed by atoms with van der Waals surface area (Å²) in [7, 11) is -3.44. The van der Waals surface area contributed by atoms with E-state index >= 15 is 0 Å². The molecule has 0 unspecified atom stereocenters. The highest BCUT2D eigenvalue weighted by atomic mass is 32.2. The zero-order chi connectivity index (χ0) is 17.7. The number of hydrogen-bond donors (Lipinski definition) is 1. The van der Waals surface area contributed by atoms with Gasteiger partial charge in [-0.15, -0.1) is 0 Å². The van der Waals surface area contributed by atoms with Crippen molar-refractivity contribution in [1.82, 2.24) is 14.6 Å². The molecular weight excluding hydrogens is 362 g/mol. The smallest absolute Gasteiger partial charge is 0.244 e. The number of thioether (sulfide) groups is 1. The number of aromatic nitrogens is 1. The van der Waals surface area contributed by atoms with Gasteiger partial charge in [-0.3, -0.25) is 4.79 Å². The molecule has 9 heteroatoms. The van der Waals surface area contributed by atoms with Gasteiger partial charge in [0, 0.05) is 32.4 Å². The average Bonchev–Trinajstić information content (AvgIpc) is 3.32. The summed E-state index contributed by atoms with van der Waals surface area (Å²) < 4.78 is 31.8. The van der Waals surface area contributed by atoms with Crippen LogP contribution in [0.2, 0.25) is 0 Å². The van der Waals surface area contributed by atoms with Crippen molar-refractivity contribution in [2.75, 3.05) is 32.0 Å². The second-order valence-corrected chi connectivity index (χ2v) is 9.10. The van der Waals surface area contributed by atoms with Crippen molar-refractivity contribution in [3.63, 3.8) is 0 Å². The Balaban J connectivity index is 1.48. The fourth-order valence-electron chi connectivity index (χ4n) is 2.91. The SMILES string of the molecule is O=C(CSc1ccc(S(=O)(=O)N2CCCC2)cn1)NC[C@H]1CCCO1. The normalized spacial score (nSPS) is 21.5. The predicted octanol–water partition coefficient (Wildman–Crippen LogP) is 1.25. The molecule has 0 aromatic carbocycles. The average molecular weight is 386 g/mol. The highest BCUT2D eigenvalue weighted by Crippen LogP contribution is 2.22. The van der Waals surface area contributed by atoms with E-state index < -0.39 is 10.0 Å². The molecule has 138 valence electrons. The van der Waals surface area contributed by atoms with Gasteiger partial charge in [0.05, 0.1) is 16.9 Å². The molecule has 3 heterocycles. The fourth-order valence-corrected chi connectivity index (χ4v) is 5.04. The first-order chi connectivity index (χ1) is 12.1. The quantitative estimate of drug-likeness (QED) is 0.711. The van der Waals surface area contributed by atoms with Crippen LogP contribution in [0.3, 0.4) is 0 Å². The van der Waals surface area contributed by atoms with Crippen LogP contribution in [0.1, 0.15) is 25.7 Å². The highest BCUT2D eigenvalue weighted by molar-refractivity contribution is 7.99. The standard InChI is InChI=1S/C16H23N3O4S2/c20-15(17-10-13-4-3-9-23-13)12-24-16-6-5-14(11-18-16)25(21,22)19-7-1-2-8-19/h5-6,11,13H,1-4,7-10,12H2,(H,17,20)/t13-/m1/s1. The van der Waals surface area contributed by atoms with Crippen molar-refractivity contribution in [2.24, 2.45) is 0 Å². The number of carbonyl (C=O) groups is 1. The van der Waals surface area contributed by atoms with E-state index in [0.717, 1.165) is 32.3 Å². The maximum Gasteiger partial charge on any atom is 0.244 e. The Kier molecular flexibility index (Phi) is 6.32. The zero-order valence-electron chi connectivity index (χ0n) is 14.0. The van der Waals surface area contributed by atoms with Gasteiger partial charge < -0.3 is 10.1 Å². The molecule has 1 aromatic rings. The summed E-state index contributed by atoms with van der Waals surface area (Å²) in [6.45, 7) is 2.46. The Labute approximate surface area is 152 Å². The summed E-state index contributed by atoms with van der Waals surface area (Å²) in [5, 5.41) is 3.48. The Morgan fingerprint density at radius 3 is 2.76 bits per heavy atom. The number of amides is 1. The van der Waals surface area contributed by atoms with E-state index in [0.29, 0.717) is 24.7 Å². The van der Waals surface area contributed by atoms with Crippen molar-refractivity contribution >= 4 is 27.7 Å². The first-order valence-corrected chi connectivity index (χ1v) is 11.0. The fraction of sp³-hybridized carbons (Fsp3) is 0.625. The van der Waals surface area contributed by atoms with E-state index in [2.05, 4.69) is 10.3 Å². The highest BCUT2D eigenvalue weighted by Gasteiger charge is 2.27. The lowest BCUT2D eigenvalue weighted by molar-refractivity contribution is -0.119. The van der Waals surface area contributed by atoms with Gasteiger partial charge in [0.25, 0.3) is 0 Å². The number of rotatable bonds is 7. The molecule has 2 aliphatic heterocycles. The predicted molar refractivity (Wildman–Crippen MR) is 94.9 cm³/mol. The number of nitrogens with one attached hydrogen (secondary N) is 1. The third-order valence-corrected chi connectivity index (χ3v) is 7.14. The van der Waals surface area contributed by atoms with Crippen LogP contribution in [0.5, 0.6) is 0 Å². The maximum absolute atomic E-state index is 12.4. The molecule has 0 spiro atoms. The first-order valence-electron chi connectivity index (χ1n) is 8.53. The molecule has 1 atom stereocenters.